The molecule has 1 aromatic carbocycles. The summed E-state index contributed by atoms with van der Waals surface area (Å²) in [4.78, 5) is 22.8. The van der Waals surface area contributed by atoms with Gasteiger partial charge >= 0.3 is 0 Å². The Morgan fingerprint density at radius 2 is 1.75 bits per heavy atom. The maximum Gasteiger partial charge on any atom is 0.258 e. The fourth-order valence-corrected chi connectivity index (χ4v) is 1.68. The number of carbonyl (C=O) groups excluding carboxylic acids is 2. The molecule has 1 aromatic rings. The number of carbonyl (C=O) groups is 2. The standard InChI is InChI=1S/C14H19IN2O3/c1-10(2)14(19)17-8-7-16-13(18)9-20-12-5-3-11(15)4-6-12/h3-6,10H,7-9H2,1-2H3,(H,16,18)(H,17,19). The minimum atomic E-state index is -0.206. The van der Waals surface area contributed by atoms with Crippen molar-refractivity contribution in [1.82, 2.24) is 10.6 Å². The number of amides is 2. The van der Waals surface area contributed by atoms with E-state index in [1.807, 2.05) is 38.1 Å². The van der Waals surface area contributed by atoms with E-state index in [0.29, 0.717) is 18.8 Å². The van der Waals surface area contributed by atoms with Crippen LogP contribution in [0.5, 0.6) is 5.75 Å². The van der Waals surface area contributed by atoms with E-state index in [0.717, 1.165) is 3.57 Å². The zero-order chi connectivity index (χ0) is 15.0. The smallest absolute Gasteiger partial charge is 0.258 e. The lowest BCUT2D eigenvalue weighted by molar-refractivity contribution is -0.125. The lowest BCUT2D eigenvalue weighted by Gasteiger charge is -2.09. The molecule has 0 unspecified atom stereocenters. The number of benzene rings is 1. The molecule has 0 heterocycles. The van der Waals surface area contributed by atoms with Crippen LogP contribution in [0.15, 0.2) is 24.3 Å². The van der Waals surface area contributed by atoms with E-state index in [2.05, 4.69) is 33.2 Å². The Labute approximate surface area is 132 Å². The van der Waals surface area contributed by atoms with Crippen LogP contribution >= 0.6 is 22.6 Å². The topological polar surface area (TPSA) is 67.4 Å². The Morgan fingerprint density at radius 3 is 2.35 bits per heavy atom. The Hall–Kier alpha value is -1.31. The molecular weight excluding hydrogens is 371 g/mol. The first kappa shape index (κ1) is 16.7. The lowest BCUT2D eigenvalue weighted by atomic mass is 10.2. The van der Waals surface area contributed by atoms with Crippen molar-refractivity contribution in [2.24, 2.45) is 5.92 Å². The molecule has 110 valence electrons. The summed E-state index contributed by atoms with van der Waals surface area (Å²) in [6, 6.07) is 7.46. The Bertz CT molecular complexity index is 446. The van der Waals surface area contributed by atoms with Gasteiger partial charge in [-0.25, -0.2) is 0 Å². The first-order valence-corrected chi connectivity index (χ1v) is 7.49. The average molecular weight is 390 g/mol. The molecule has 1 rings (SSSR count). The van der Waals surface area contributed by atoms with Crippen molar-refractivity contribution < 1.29 is 14.3 Å². The normalized spacial score (nSPS) is 10.2. The minimum Gasteiger partial charge on any atom is -0.484 e. The van der Waals surface area contributed by atoms with Crippen LogP contribution in [0.25, 0.3) is 0 Å². The largest absolute Gasteiger partial charge is 0.484 e. The molecule has 0 fully saturated rings. The van der Waals surface area contributed by atoms with Gasteiger partial charge in [0.05, 0.1) is 0 Å². The van der Waals surface area contributed by atoms with Gasteiger partial charge in [-0.2, -0.15) is 0 Å². The summed E-state index contributed by atoms with van der Waals surface area (Å²) in [5.74, 6) is 0.389. The van der Waals surface area contributed by atoms with Crippen LogP contribution in [0.2, 0.25) is 0 Å². The van der Waals surface area contributed by atoms with Gasteiger partial charge in [-0.15, -0.1) is 0 Å². The van der Waals surface area contributed by atoms with E-state index < -0.39 is 0 Å². The molecule has 0 aliphatic carbocycles. The van der Waals surface area contributed by atoms with Gasteiger partial charge in [0.2, 0.25) is 5.91 Å². The van der Waals surface area contributed by atoms with Crippen molar-refractivity contribution in [2.75, 3.05) is 19.7 Å². The van der Waals surface area contributed by atoms with Gasteiger partial charge in [0.25, 0.3) is 5.91 Å². The molecule has 2 N–H and O–H groups in total. The molecule has 0 aromatic heterocycles. The van der Waals surface area contributed by atoms with Crippen molar-refractivity contribution >= 4 is 34.4 Å². The van der Waals surface area contributed by atoms with Crippen molar-refractivity contribution in [2.45, 2.75) is 13.8 Å². The van der Waals surface area contributed by atoms with Crippen LogP contribution in [0.4, 0.5) is 0 Å². The van der Waals surface area contributed by atoms with E-state index in [4.69, 9.17) is 4.74 Å². The van der Waals surface area contributed by atoms with Crippen molar-refractivity contribution in [3.05, 3.63) is 27.8 Å². The molecule has 5 nitrogen and oxygen atoms in total. The van der Waals surface area contributed by atoms with Crippen LogP contribution in [0, 0.1) is 9.49 Å². The summed E-state index contributed by atoms with van der Waals surface area (Å²) in [6.07, 6.45) is 0. The molecule has 0 radical (unpaired) electrons. The lowest BCUT2D eigenvalue weighted by Crippen LogP contribution is -2.38. The van der Waals surface area contributed by atoms with Gasteiger partial charge in [0.15, 0.2) is 6.61 Å². The first-order valence-electron chi connectivity index (χ1n) is 6.42. The summed E-state index contributed by atoms with van der Waals surface area (Å²) >= 11 is 2.20. The molecule has 2 amide bonds. The molecule has 6 heteroatoms. The average Bonchev–Trinajstić information content (AvgIpc) is 2.42. The quantitative estimate of drug-likeness (QED) is 0.549. The molecule has 0 aliphatic rings. The molecule has 20 heavy (non-hydrogen) atoms. The summed E-state index contributed by atoms with van der Waals surface area (Å²) in [7, 11) is 0. The highest BCUT2D eigenvalue weighted by atomic mass is 127. The van der Waals surface area contributed by atoms with Crippen LogP contribution in [0.1, 0.15) is 13.8 Å². The van der Waals surface area contributed by atoms with Gasteiger partial charge in [0.1, 0.15) is 5.75 Å². The first-order chi connectivity index (χ1) is 9.49. The summed E-state index contributed by atoms with van der Waals surface area (Å²) in [6.45, 7) is 4.43. The number of rotatable bonds is 7. The van der Waals surface area contributed by atoms with E-state index >= 15 is 0 Å². The molecule has 0 saturated heterocycles. The number of halogens is 1. The zero-order valence-corrected chi connectivity index (χ0v) is 13.8. The third-order valence-corrected chi connectivity index (χ3v) is 3.17. The molecule has 0 aliphatic heterocycles. The molecule has 0 saturated carbocycles. The Balaban J connectivity index is 2.14. The fraction of sp³-hybridized carbons (Fsp3) is 0.429. The monoisotopic (exact) mass is 390 g/mol. The van der Waals surface area contributed by atoms with E-state index in [1.54, 1.807) is 0 Å². The minimum absolute atomic E-state index is 0.0191. The third kappa shape index (κ3) is 6.74. The number of nitrogens with one attached hydrogen (secondary N) is 2. The van der Waals surface area contributed by atoms with Gasteiger partial charge in [-0.3, -0.25) is 9.59 Å². The van der Waals surface area contributed by atoms with Crippen LogP contribution in [0.3, 0.4) is 0 Å². The second-order valence-corrected chi connectivity index (χ2v) is 5.78. The summed E-state index contributed by atoms with van der Waals surface area (Å²) in [5.41, 5.74) is 0. The summed E-state index contributed by atoms with van der Waals surface area (Å²) < 4.78 is 6.45. The fourth-order valence-electron chi connectivity index (χ4n) is 1.32. The SMILES string of the molecule is CC(C)C(=O)NCCNC(=O)COc1ccc(I)cc1. The predicted molar refractivity (Wildman–Crippen MR) is 85.5 cm³/mol. The highest BCUT2D eigenvalue weighted by Crippen LogP contribution is 2.12. The number of hydrogen-bond acceptors (Lipinski definition) is 3. The summed E-state index contributed by atoms with van der Waals surface area (Å²) in [5, 5.41) is 5.40. The van der Waals surface area contributed by atoms with Crippen molar-refractivity contribution in [3.63, 3.8) is 0 Å². The molecule has 0 spiro atoms. The second-order valence-electron chi connectivity index (χ2n) is 4.54. The van der Waals surface area contributed by atoms with Gasteiger partial charge in [-0.1, -0.05) is 13.8 Å². The van der Waals surface area contributed by atoms with Crippen LogP contribution < -0.4 is 15.4 Å². The molecule has 0 bridgehead atoms. The van der Waals surface area contributed by atoms with E-state index in [1.165, 1.54) is 0 Å². The van der Waals surface area contributed by atoms with E-state index in [-0.39, 0.29) is 24.3 Å². The van der Waals surface area contributed by atoms with Crippen LogP contribution in [-0.4, -0.2) is 31.5 Å². The van der Waals surface area contributed by atoms with Crippen LogP contribution in [-0.2, 0) is 9.59 Å². The highest BCUT2D eigenvalue weighted by Gasteiger charge is 2.06. The highest BCUT2D eigenvalue weighted by molar-refractivity contribution is 14.1. The van der Waals surface area contributed by atoms with Crippen molar-refractivity contribution in [1.29, 1.82) is 0 Å². The maximum absolute atomic E-state index is 11.5. The molecular formula is C14H19IN2O3. The van der Waals surface area contributed by atoms with Gasteiger partial charge in [0, 0.05) is 22.6 Å². The zero-order valence-electron chi connectivity index (χ0n) is 11.6. The third-order valence-electron chi connectivity index (χ3n) is 2.45. The number of hydrogen-bond donors (Lipinski definition) is 2. The van der Waals surface area contributed by atoms with E-state index in [9.17, 15) is 9.59 Å². The maximum atomic E-state index is 11.5. The van der Waals surface area contributed by atoms with Crippen molar-refractivity contribution in [3.8, 4) is 5.75 Å². The predicted octanol–water partition coefficient (Wildman–Crippen LogP) is 1.56. The molecule has 0 atom stereocenters. The van der Waals surface area contributed by atoms with Gasteiger partial charge in [-0.05, 0) is 46.9 Å². The van der Waals surface area contributed by atoms with Gasteiger partial charge < -0.3 is 15.4 Å². The Morgan fingerprint density at radius 1 is 1.15 bits per heavy atom. The Kier molecular flexibility index (Phi) is 7.35. The second kappa shape index (κ2) is 8.78. The number of ether oxygens (including phenoxy) is 1.